The topological polar surface area (TPSA) is 63.2 Å². The number of carbonyl (C=O) groups is 1. The fraction of sp³-hybridized carbons (Fsp3) is 0.400. The normalized spacial score (nSPS) is 27.8. The Balaban J connectivity index is 1.75. The number of amides is 1. The molecule has 1 amide bonds. The van der Waals surface area contributed by atoms with Crippen LogP contribution in [0.15, 0.2) is 41.3 Å². The number of anilines is 1. The molecule has 5 heteroatoms. The molecule has 0 aliphatic heterocycles. The van der Waals surface area contributed by atoms with Crippen LogP contribution in [-0.4, -0.2) is 20.6 Å². The highest BCUT2D eigenvalue weighted by molar-refractivity contribution is 7.90. The molecule has 1 fully saturated rings. The largest absolute Gasteiger partial charge is 0.326 e. The van der Waals surface area contributed by atoms with Crippen LogP contribution in [0.3, 0.4) is 0 Å². The Morgan fingerprint density at radius 2 is 2.05 bits per heavy atom. The zero-order chi connectivity index (χ0) is 14.3. The average Bonchev–Trinajstić information content (AvgIpc) is 3.00. The highest BCUT2D eigenvalue weighted by atomic mass is 32.2. The van der Waals surface area contributed by atoms with E-state index < -0.39 is 9.84 Å². The van der Waals surface area contributed by atoms with Gasteiger partial charge in [0.25, 0.3) is 0 Å². The van der Waals surface area contributed by atoms with Crippen LogP contribution in [0.4, 0.5) is 5.69 Å². The summed E-state index contributed by atoms with van der Waals surface area (Å²) in [5.74, 6) is 0.899. The van der Waals surface area contributed by atoms with Crippen LogP contribution in [0.1, 0.15) is 12.8 Å². The summed E-state index contributed by atoms with van der Waals surface area (Å²) in [6.45, 7) is 0. The minimum atomic E-state index is -3.25. The Morgan fingerprint density at radius 3 is 2.65 bits per heavy atom. The van der Waals surface area contributed by atoms with E-state index >= 15 is 0 Å². The van der Waals surface area contributed by atoms with Crippen molar-refractivity contribution in [1.82, 2.24) is 0 Å². The van der Waals surface area contributed by atoms with Crippen LogP contribution in [-0.2, 0) is 14.6 Å². The van der Waals surface area contributed by atoms with Crippen LogP contribution in [0.5, 0.6) is 0 Å². The first-order valence-electron chi connectivity index (χ1n) is 6.73. The number of rotatable bonds is 3. The third-order valence-electron chi connectivity index (χ3n) is 4.15. The molecule has 2 bridgehead atoms. The Morgan fingerprint density at radius 1 is 1.25 bits per heavy atom. The molecular weight excluding hydrogens is 274 g/mol. The second-order valence-corrected chi connectivity index (χ2v) is 7.69. The first-order valence-corrected chi connectivity index (χ1v) is 8.62. The number of sulfone groups is 1. The lowest BCUT2D eigenvalue weighted by molar-refractivity contribution is -0.120. The van der Waals surface area contributed by atoms with Gasteiger partial charge in [-0.2, -0.15) is 0 Å². The van der Waals surface area contributed by atoms with Crippen LogP contribution in [0, 0.1) is 17.8 Å². The zero-order valence-electron chi connectivity index (χ0n) is 11.2. The van der Waals surface area contributed by atoms with E-state index in [0.717, 1.165) is 19.1 Å². The van der Waals surface area contributed by atoms with Crippen molar-refractivity contribution in [2.24, 2.45) is 17.8 Å². The van der Waals surface area contributed by atoms with Crippen molar-refractivity contribution in [3.63, 3.8) is 0 Å². The molecule has 0 spiro atoms. The van der Waals surface area contributed by atoms with Gasteiger partial charge in [0.05, 0.1) is 4.90 Å². The van der Waals surface area contributed by atoms with E-state index in [9.17, 15) is 13.2 Å². The van der Waals surface area contributed by atoms with Gasteiger partial charge in [-0.3, -0.25) is 4.79 Å². The van der Waals surface area contributed by atoms with Crippen molar-refractivity contribution < 1.29 is 13.2 Å². The summed E-state index contributed by atoms with van der Waals surface area (Å²) in [4.78, 5) is 12.5. The van der Waals surface area contributed by atoms with Gasteiger partial charge in [-0.15, -0.1) is 0 Å². The molecule has 0 aromatic heterocycles. The van der Waals surface area contributed by atoms with E-state index in [1.807, 2.05) is 0 Å². The quantitative estimate of drug-likeness (QED) is 0.869. The molecule has 2 aliphatic carbocycles. The molecule has 3 unspecified atom stereocenters. The molecule has 0 radical (unpaired) electrons. The van der Waals surface area contributed by atoms with Crippen LogP contribution >= 0.6 is 0 Å². The van der Waals surface area contributed by atoms with Gasteiger partial charge in [0.1, 0.15) is 0 Å². The maximum atomic E-state index is 12.3. The number of allylic oxidation sites excluding steroid dienone is 2. The second-order valence-electron chi connectivity index (χ2n) is 5.68. The molecule has 1 N–H and O–H groups in total. The van der Waals surface area contributed by atoms with Crippen molar-refractivity contribution in [3.8, 4) is 0 Å². The number of fused-ring (bicyclic) bond motifs is 2. The van der Waals surface area contributed by atoms with Crippen molar-refractivity contribution in [3.05, 3.63) is 36.4 Å². The van der Waals surface area contributed by atoms with Gasteiger partial charge >= 0.3 is 0 Å². The first-order chi connectivity index (χ1) is 9.43. The third-order valence-corrected chi connectivity index (χ3v) is 5.26. The minimum Gasteiger partial charge on any atom is -0.326 e. The van der Waals surface area contributed by atoms with E-state index in [-0.39, 0.29) is 16.7 Å². The lowest BCUT2D eigenvalue weighted by Crippen LogP contribution is -2.25. The van der Waals surface area contributed by atoms with Crippen molar-refractivity contribution >= 4 is 21.4 Å². The molecule has 20 heavy (non-hydrogen) atoms. The molecular formula is C15H17NO3S. The number of nitrogens with one attached hydrogen (secondary N) is 1. The van der Waals surface area contributed by atoms with Crippen molar-refractivity contribution in [2.75, 3.05) is 11.6 Å². The summed E-state index contributed by atoms with van der Waals surface area (Å²) in [5.41, 5.74) is 0.546. The Labute approximate surface area is 118 Å². The molecule has 2 aliphatic rings. The van der Waals surface area contributed by atoms with Crippen molar-refractivity contribution in [2.45, 2.75) is 17.7 Å². The standard InChI is InChI=1S/C15H17NO3S/c1-20(18,19)13-4-2-3-12(9-13)16-15(17)14-8-10-5-6-11(14)7-10/h2-6,9-11,14H,7-8H2,1H3,(H,16,17). The number of benzene rings is 1. The monoisotopic (exact) mass is 291 g/mol. The molecule has 4 nitrogen and oxygen atoms in total. The maximum absolute atomic E-state index is 12.3. The highest BCUT2D eigenvalue weighted by Crippen LogP contribution is 2.43. The SMILES string of the molecule is CS(=O)(=O)c1cccc(NC(=O)C2CC3C=CC2C3)c1. The summed E-state index contributed by atoms with van der Waals surface area (Å²) in [5, 5.41) is 2.84. The molecule has 3 atom stereocenters. The number of hydrogen-bond donors (Lipinski definition) is 1. The van der Waals surface area contributed by atoms with Gasteiger partial charge in [-0.25, -0.2) is 8.42 Å². The summed E-state index contributed by atoms with van der Waals surface area (Å²) in [7, 11) is -3.25. The Hall–Kier alpha value is -1.62. The predicted molar refractivity (Wildman–Crippen MR) is 77.0 cm³/mol. The molecule has 3 rings (SSSR count). The van der Waals surface area contributed by atoms with Gasteiger partial charge in [-0.1, -0.05) is 18.2 Å². The van der Waals surface area contributed by atoms with E-state index in [2.05, 4.69) is 17.5 Å². The van der Waals surface area contributed by atoms with Crippen LogP contribution in [0.25, 0.3) is 0 Å². The average molecular weight is 291 g/mol. The van der Waals surface area contributed by atoms with Gasteiger partial charge in [-0.05, 0) is 42.9 Å². The lowest BCUT2D eigenvalue weighted by Gasteiger charge is -2.17. The fourth-order valence-corrected chi connectivity index (χ4v) is 3.79. The summed E-state index contributed by atoms with van der Waals surface area (Å²) < 4.78 is 23.0. The van der Waals surface area contributed by atoms with Gasteiger partial charge in [0.2, 0.25) is 5.91 Å². The van der Waals surface area contributed by atoms with E-state index in [0.29, 0.717) is 17.5 Å². The van der Waals surface area contributed by atoms with Crippen LogP contribution in [0.2, 0.25) is 0 Å². The van der Waals surface area contributed by atoms with E-state index in [1.165, 1.54) is 12.1 Å². The predicted octanol–water partition coefficient (Wildman–Crippen LogP) is 2.24. The maximum Gasteiger partial charge on any atom is 0.228 e. The molecule has 0 saturated heterocycles. The first kappa shape index (κ1) is 13.4. The number of carbonyl (C=O) groups excluding carboxylic acids is 1. The van der Waals surface area contributed by atoms with Crippen LogP contribution < -0.4 is 5.32 Å². The molecule has 1 aromatic rings. The molecule has 0 heterocycles. The van der Waals surface area contributed by atoms with Gasteiger partial charge in [0.15, 0.2) is 9.84 Å². The summed E-state index contributed by atoms with van der Waals surface area (Å²) in [6.07, 6.45) is 7.46. The van der Waals surface area contributed by atoms with Gasteiger partial charge < -0.3 is 5.32 Å². The lowest BCUT2D eigenvalue weighted by atomic mass is 9.93. The fourth-order valence-electron chi connectivity index (χ4n) is 3.12. The van der Waals surface area contributed by atoms with E-state index in [4.69, 9.17) is 0 Å². The zero-order valence-corrected chi connectivity index (χ0v) is 12.1. The third kappa shape index (κ3) is 2.50. The van der Waals surface area contributed by atoms with Gasteiger partial charge in [0, 0.05) is 17.9 Å². The molecule has 106 valence electrons. The number of hydrogen-bond acceptors (Lipinski definition) is 3. The summed E-state index contributed by atoms with van der Waals surface area (Å²) >= 11 is 0. The van der Waals surface area contributed by atoms with E-state index in [1.54, 1.807) is 12.1 Å². The van der Waals surface area contributed by atoms with Crippen molar-refractivity contribution in [1.29, 1.82) is 0 Å². The summed E-state index contributed by atoms with van der Waals surface area (Å²) in [6, 6.07) is 6.41. The smallest absolute Gasteiger partial charge is 0.228 e. The Bertz CT molecular complexity index is 678. The molecule has 1 aromatic carbocycles. The highest BCUT2D eigenvalue weighted by Gasteiger charge is 2.39. The molecule has 1 saturated carbocycles. The Kier molecular flexibility index (Phi) is 3.17. The minimum absolute atomic E-state index is 0.00694. The second kappa shape index (κ2) is 4.74.